The van der Waals surface area contributed by atoms with Gasteiger partial charge in [0.15, 0.2) is 11.5 Å². The minimum Gasteiger partial charge on any atom is -0.493 e. The molecule has 2 rings (SSSR count). The van der Waals surface area contributed by atoms with E-state index in [1.54, 1.807) is 6.07 Å². The van der Waals surface area contributed by atoms with Crippen LogP contribution in [0.5, 0.6) is 11.5 Å². The van der Waals surface area contributed by atoms with E-state index in [1.807, 2.05) is 6.92 Å². The van der Waals surface area contributed by atoms with Crippen LogP contribution in [0.15, 0.2) is 6.07 Å². The van der Waals surface area contributed by atoms with Gasteiger partial charge < -0.3 is 14.6 Å². The number of carboxylic acid groups (broad SMARTS) is 1. The third-order valence-corrected chi connectivity index (χ3v) is 3.67. The van der Waals surface area contributed by atoms with E-state index in [0.717, 1.165) is 5.56 Å². The minimum atomic E-state index is -0.934. The molecule has 0 aromatic heterocycles. The molecule has 1 aromatic rings. The first kappa shape index (κ1) is 14.0. The molecule has 104 valence electrons. The Morgan fingerprint density at radius 2 is 2.16 bits per heavy atom. The van der Waals surface area contributed by atoms with Crippen LogP contribution in [-0.2, 0) is 11.2 Å². The van der Waals surface area contributed by atoms with Crippen LogP contribution < -0.4 is 14.8 Å². The summed E-state index contributed by atoms with van der Waals surface area (Å²) in [6.45, 7) is 1.92. The highest BCUT2D eigenvalue weighted by atomic mass is 35.5. The largest absolute Gasteiger partial charge is 0.493 e. The average Bonchev–Trinajstić information content (AvgIpc) is 2.38. The van der Waals surface area contributed by atoms with E-state index in [4.69, 9.17) is 21.1 Å². The molecule has 0 saturated carbocycles. The molecule has 1 heterocycles. The summed E-state index contributed by atoms with van der Waals surface area (Å²) in [5.74, 6) is -0.0499. The van der Waals surface area contributed by atoms with Crippen LogP contribution in [-0.4, -0.2) is 31.3 Å². The summed E-state index contributed by atoms with van der Waals surface area (Å²) in [4.78, 5) is 11.4. The molecule has 2 N–H and O–H groups in total. The maximum Gasteiger partial charge on any atom is 0.325 e. The molecule has 0 saturated heterocycles. The first-order valence-electron chi connectivity index (χ1n) is 5.91. The van der Waals surface area contributed by atoms with Crippen molar-refractivity contribution in [2.75, 3.05) is 14.2 Å². The second kappa shape index (κ2) is 5.27. The van der Waals surface area contributed by atoms with Gasteiger partial charge in [0.25, 0.3) is 0 Å². The van der Waals surface area contributed by atoms with Gasteiger partial charge in [-0.25, -0.2) is 0 Å². The molecule has 0 aliphatic carbocycles. The highest BCUT2D eigenvalue weighted by Gasteiger charge is 2.33. The monoisotopic (exact) mass is 285 g/mol. The van der Waals surface area contributed by atoms with E-state index >= 15 is 0 Å². The molecule has 5 nitrogen and oxygen atoms in total. The van der Waals surface area contributed by atoms with Gasteiger partial charge in [0.1, 0.15) is 6.04 Å². The summed E-state index contributed by atoms with van der Waals surface area (Å²) < 4.78 is 10.4. The summed E-state index contributed by atoms with van der Waals surface area (Å²) in [7, 11) is 3.00. The fourth-order valence-corrected chi connectivity index (χ4v) is 2.77. The molecular weight excluding hydrogens is 270 g/mol. The van der Waals surface area contributed by atoms with Crippen LogP contribution in [0.25, 0.3) is 0 Å². The quantitative estimate of drug-likeness (QED) is 0.889. The molecule has 0 radical (unpaired) electrons. The zero-order chi connectivity index (χ0) is 14.2. The number of hydrogen-bond acceptors (Lipinski definition) is 4. The second-order valence-electron chi connectivity index (χ2n) is 4.54. The molecule has 19 heavy (non-hydrogen) atoms. The summed E-state index contributed by atoms with van der Waals surface area (Å²) in [5, 5.41) is 12.8. The molecule has 1 aliphatic heterocycles. The number of carbonyl (C=O) groups is 1. The standard InChI is InChI=1S/C13H16ClNO4/c1-6-4-7-8(11(15-6)13(16)17)5-9(18-2)12(19-3)10(7)14/h5-6,11,15H,4H2,1-3H3,(H,16,17). The summed E-state index contributed by atoms with van der Waals surface area (Å²) in [6.07, 6.45) is 0.651. The van der Waals surface area contributed by atoms with Crippen molar-refractivity contribution in [3.05, 3.63) is 22.2 Å². The van der Waals surface area contributed by atoms with Gasteiger partial charge >= 0.3 is 5.97 Å². The third kappa shape index (κ3) is 2.35. The third-order valence-electron chi connectivity index (χ3n) is 3.27. The topological polar surface area (TPSA) is 67.8 Å². The smallest absolute Gasteiger partial charge is 0.325 e. The lowest BCUT2D eigenvalue weighted by Gasteiger charge is -2.30. The number of aliphatic carboxylic acids is 1. The lowest BCUT2D eigenvalue weighted by molar-refractivity contribution is -0.140. The first-order valence-corrected chi connectivity index (χ1v) is 6.29. The fraction of sp³-hybridized carbons (Fsp3) is 0.462. The van der Waals surface area contributed by atoms with Crippen molar-refractivity contribution in [1.82, 2.24) is 5.32 Å². The van der Waals surface area contributed by atoms with Crippen molar-refractivity contribution >= 4 is 17.6 Å². The Balaban J connectivity index is 2.64. The van der Waals surface area contributed by atoms with Gasteiger partial charge in [-0.15, -0.1) is 0 Å². The molecule has 0 bridgehead atoms. The van der Waals surface area contributed by atoms with Crippen LogP contribution in [0.3, 0.4) is 0 Å². The van der Waals surface area contributed by atoms with Gasteiger partial charge in [0, 0.05) is 6.04 Å². The number of halogens is 1. The van der Waals surface area contributed by atoms with Gasteiger partial charge in [-0.3, -0.25) is 10.1 Å². The van der Waals surface area contributed by atoms with E-state index < -0.39 is 12.0 Å². The Kier molecular flexibility index (Phi) is 3.87. The predicted octanol–water partition coefficient (Wildman–Crippen LogP) is 2.02. The number of carboxylic acids is 1. The Bertz CT molecular complexity index is 518. The molecule has 0 amide bonds. The maximum absolute atomic E-state index is 11.4. The lowest BCUT2D eigenvalue weighted by atomic mass is 9.90. The number of hydrogen-bond donors (Lipinski definition) is 2. The fourth-order valence-electron chi connectivity index (χ4n) is 2.42. The van der Waals surface area contributed by atoms with Crippen molar-refractivity contribution in [3.63, 3.8) is 0 Å². The normalized spacial score (nSPS) is 21.7. The van der Waals surface area contributed by atoms with Crippen molar-refractivity contribution in [3.8, 4) is 11.5 Å². The van der Waals surface area contributed by atoms with Crippen molar-refractivity contribution in [1.29, 1.82) is 0 Å². The Morgan fingerprint density at radius 3 is 2.68 bits per heavy atom. The number of rotatable bonds is 3. The number of benzene rings is 1. The maximum atomic E-state index is 11.4. The Labute approximate surface area is 116 Å². The van der Waals surface area contributed by atoms with Gasteiger partial charge in [-0.05, 0) is 30.5 Å². The number of nitrogens with one attached hydrogen (secondary N) is 1. The number of ether oxygens (including phenoxy) is 2. The van der Waals surface area contributed by atoms with E-state index in [9.17, 15) is 9.90 Å². The van der Waals surface area contributed by atoms with Gasteiger partial charge in [-0.2, -0.15) is 0 Å². The van der Waals surface area contributed by atoms with E-state index in [0.29, 0.717) is 28.5 Å². The summed E-state index contributed by atoms with van der Waals surface area (Å²) >= 11 is 6.32. The number of methoxy groups -OCH3 is 2. The zero-order valence-electron chi connectivity index (χ0n) is 11.0. The lowest BCUT2D eigenvalue weighted by Crippen LogP contribution is -2.41. The average molecular weight is 286 g/mol. The van der Waals surface area contributed by atoms with E-state index in [-0.39, 0.29) is 6.04 Å². The predicted molar refractivity (Wildman–Crippen MR) is 71.2 cm³/mol. The van der Waals surface area contributed by atoms with Crippen LogP contribution in [0.4, 0.5) is 0 Å². The first-order chi connectivity index (χ1) is 8.99. The molecule has 0 spiro atoms. The Morgan fingerprint density at radius 1 is 1.47 bits per heavy atom. The zero-order valence-corrected chi connectivity index (χ0v) is 11.7. The Hall–Kier alpha value is -1.46. The highest BCUT2D eigenvalue weighted by molar-refractivity contribution is 6.33. The second-order valence-corrected chi connectivity index (χ2v) is 4.91. The van der Waals surface area contributed by atoms with Crippen molar-refractivity contribution in [2.24, 2.45) is 0 Å². The molecule has 2 unspecified atom stereocenters. The molecule has 1 aliphatic rings. The highest BCUT2D eigenvalue weighted by Crippen LogP contribution is 2.43. The van der Waals surface area contributed by atoms with Crippen molar-refractivity contribution in [2.45, 2.75) is 25.4 Å². The van der Waals surface area contributed by atoms with Gasteiger partial charge in [0.05, 0.1) is 19.2 Å². The van der Waals surface area contributed by atoms with Gasteiger partial charge in [-0.1, -0.05) is 11.6 Å². The van der Waals surface area contributed by atoms with Crippen molar-refractivity contribution < 1.29 is 19.4 Å². The molecule has 6 heteroatoms. The van der Waals surface area contributed by atoms with E-state index in [1.165, 1.54) is 14.2 Å². The summed E-state index contributed by atoms with van der Waals surface area (Å²) in [6, 6.07) is 0.929. The van der Waals surface area contributed by atoms with Crippen LogP contribution in [0.2, 0.25) is 5.02 Å². The van der Waals surface area contributed by atoms with Crippen LogP contribution in [0, 0.1) is 0 Å². The van der Waals surface area contributed by atoms with Crippen LogP contribution in [0.1, 0.15) is 24.1 Å². The molecule has 1 aromatic carbocycles. The SMILES string of the molecule is COc1cc2c(c(Cl)c1OC)CC(C)NC2C(=O)O. The minimum absolute atomic E-state index is 0.0317. The summed E-state index contributed by atoms with van der Waals surface area (Å²) in [5.41, 5.74) is 1.44. The molecule has 0 fully saturated rings. The van der Waals surface area contributed by atoms with Crippen LogP contribution >= 0.6 is 11.6 Å². The van der Waals surface area contributed by atoms with E-state index in [2.05, 4.69) is 5.32 Å². The number of fused-ring (bicyclic) bond motifs is 1. The van der Waals surface area contributed by atoms with Gasteiger partial charge in [0.2, 0.25) is 0 Å². The molecular formula is C13H16ClNO4. The molecule has 2 atom stereocenters.